The summed E-state index contributed by atoms with van der Waals surface area (Å²) in [4.78, 5) is 26.0. The number of imidazole rings is 1. The van der Waals surface area contributed by atoms with E-state index in [1.54, 1.807) is 18.5 Å². The van der Waals surface area contributed by atoms with Crippen molar-refractivity contribution in [1.82, 2.24) is 19.9 Å². The maximum atomic E-state index is 11.4. The van der Waals surface area contributed by atoms with Crippen LogP contribution in [0.1, 0.15) is 0 Å². The zero-order chi connectivity index (χ0) is 13.5. The number of benzene rings is 1. The quantitative estimate of drug-likeness (QED) is 0.553. The Hall–Kier alpha value is -2.95. The number of aromatic nitrogens is 4. The lowest BCUT2D eigenvalue weighted by Crippen LogP contribution is -2.01. The molecule has 1 aromatic carbocycles. The molecule has 0 aliphatic carbocycles. The van der Waals surface area contributed by atoms with Gasteiger partial charge in [-0.25, -0.2) is 4.98 Å². The number of pyridine rings is 2. The van der Waals surface area contributed by atoms with E-state index in [0.717, 1.165) is 33.3 Å². The maximum Gasteiger partial charge on any atom is 0.248 e. The summed E-state index contributed by atoms with van der Waals surface area (Å²) < 4.78 is 0. The Morgan fingerprint density at radius 3 is 2.60 bits per heavy atom. The maximum absolute atomic E-state index is 11.4. The monoisotopic (exact) mass is 262 g/mol. The molecule has 0 amide bonds. The third-order valence-corrected chi connectivity index (χ3v) is 3.28. The van der Waals surface area contributed by atoms with Gasteiger partial charge >= 0.3 is 0 Å². The first-order valence-electron chi connectivity index (χ1n) is 6.23. The van der Waals surface area contributed by atoms with Crippen molar-refractivity contribution >= 4 is 21.9 Å². The van der Waals surface area contributed by atoms with E-state index in [0.29, 0.717) is 0 Å². The molecule has 0 aliphatic rings. The number of aromatic amines is 2. The smallest absolute Gasteiger partial charge is 0.248 e. The first-order chi connectivity index (χ1) is 9.79. The summed E-state index contributed by atoms with van der Waals surface area (Å²) in [5, 5.41) is 0.963. The van der Waals surface area contributed by atoms with Gasteiger partial charge in [0.1, 0.15) is 5.82 Å². The third-order valence-electron chi connectivity index (χ3n) is 3.28. The van der Waals surface area contributed by atoms with Gasteiger partial charge in [-0.2, -0.15) is 0 Å². The predicted octanol–water partition coefficient (Wildman–Crippen LogP) is 2.47. The highest BCUT2D eigenvalue weighted by Crippen LogP contribution is 2.23. The van der Waals surface area contributed by atoms with Gasteiger partial charge in [-0.15, -0.1) is 0 Å². The molecule has 5 heteroatoms. The molecule has 96 valence electrons. The van der Waals surface area contributed by atoms with E-state index in [9.17, 15) is 4.79 Å². The molecule has 4 rings (SSSR count). The molecule has 0 spiro atoms. The van der Waals surface area contributed by atoms with Gasteiger partial charge in [0, 0.05) is 29.4 Å². The van der Waals surface area contributed by atoms with Gasteiger partial charge < -0.3 is 9.97 Å². The number of nitrogens with zero attached hydrogens (tertiary/aromatic N) is 2. The second-order valence-electron chi connectivity index (χ2n) is 4.60. The zero-order valence-corrected chi connectivity index (χ0v) is 10.4. The largest absolute Gasteiger partial charge is 0.338 e. The molecule has 0 radical (unpaired) electrons. The van der Waals surface area contributed by atoms with Crippen LogP contribution in [0.15, 0.2) is 53.6 Å². The van der Waals surface area contributed by atoms with E-state index in [1.807, 2.05) is 24.3 Å². The lowest BCUT2D eigenvalue weighted by Gasteiger charge is -1.96. The highest BCUT2D eigenvalue weighted by molar-refractivity contribution is 5.94. The van der Waals surface area contributed by atoms with Crippen molar-refractivity contribution in [3.63, 3.8) is 0 Å². The fraction of sp³-hybridized carbons (Fsp3) is 0. The van der Waals surface area contributed by atoms with Crippen molar-refractivity contribution in [3.8, 4) is 11.4 Å². The standard InChI is InChI=1S/C15H10N4O/c20-14-2-1-10-7-12-13(8-11(10)17-14)19-15(18-12)9-3-5-16-6-4-9/h1-8H,(H,17,20)(H,18,19). The topological polar surface area (TPSA) is 74.4 Å². The number of rotatable bonds is 1. The number of nitrogens with one attached hydrogen (secondary N) is 2. The van der Waals surface area contributed by atoms with Crippen LogP contribution >= 0.6 is 0 Å². The Morgan fingerprint density at radius 2 is 1.75 bits per heavy atom. The van der Waals surface area contributed by atoms with Crippen molar-refractivity contribution < 1.29 is 0 Å². The number of hydrogen-bond donors (Lipinski definition) is 2. The third kappa shape index (κ3) is 1.68. The van der Waals surface area contributed by atoms with Gasteiger partial charge in [0.05, 0.1) is 16.6 Å². The average molecular weight is 262 g/mol. The summed E-state index contributed by atoms with van der Waals surface area (Å²) in [6.45, 7) is 0. The normalized spacial score (nSPS) is 11.2. The molecule has 0 unspecified atom stereocenters. The van der Waals surface area contributed by atoms with Crippen LogP contribution in [0.4, 0.5) is 0 Å². The summed E-state index contributed by atoms with van der Waals surface area (Å²) in [5.41, 5.74) is 3.44. The molecule has 20 heavy (non-hydrogen) atoms. The lowest BCUT2D eigenvalue weighted by molar-refractivity contribution is 1.28. The molecule has 3 heterocycles. The Kier molecular flexibility index (Phi) is 2.20. The van der Waals surface area contributed by atoms with Gasteiger partial charge in [0.2, 0.25) is 5.56 Å². The number of hydrogen-bond acceptors (Lipinski definition) is 3. The van der Waals surface area contributed by atoms with E-state index in [4.69, 9.17) is 0 Å². The number of fused-ring (bicyclic) bond motifs is 2. The minimum absolute atomic E-state index is 0.106. The predicted molar refractivity (Wildman–Crippen MR) is 77.5 cm³/mol. The highest BCUT2D eigenvalue weighted by Gasteiger charge is 2.06. The molecule has 4 aromatic rings. The molecule has 0 atom stereocenters. The molecule has 0 fully saturated rings. The second kappa shape index (κ2) is 4.03. The van der Waals surface area contributed by atoms with E-state index in [2.05, 4.69) is 19.9 Å². The van der Waals surface area contributed by atoms with Gasteiger partial charge in [-0.1, -0.05) is 0 Å². The van der Waals surface area contributed by atoms with Crippen LogP contribution in [0.25, 0.3) is 33.3 Å². The van der Waals surface area contributed by atoms with Crippen molar-refractivity contribution in [1.29, 1.82) is 0 Å². The molecule has 3 aromatic heterocycles. The minimum atomic E-state index is -0.106. The average Bonchev–Trinajstić information content (AvgIpc) is 2.88. The summed E-state index contributed by atoms with van der Waals surface area (Å²) in [7, 11) is 0. The molecule has 0 saturated carbocycles. The molecular weight excluding hydrogens is 252 g/mol. The lowest BCUT2D eigenvalue weighted by atomic mass is 10.2. The first-order valence-corrected chi connectivity index (χ1v) is 6.23. The van der Waals surface area contributed by atoms with Gasteiger partial charge in [-0.05, 0) is 30.3 Å². The zero-order valence-electron chi connectivity index (χ0n) is 10.4. The molecule has 0 saturated heterocycles. The summed E-state index contributed by atoms with van der Waals surface area (Å²) in [5.74, 6) is 0.792. The molecule has 5 nitrogen and oxygen atoms in total. The van der Waals surface area contributed by atoms with E-state index in [1.165, 1.54) is 6.07 Å². The van der Waals surface area contributed by atoms with E-state index >= 15 is 0 Å². The second-order valence-corrected chi connectivity index (χ2v) is 4.60. The fourth-order valence-electron chi connectivity index (χ4n) is 2.31. The molecular formula is C15H10N4O. The van der Waals surface area contributed by atoms with Gasteiger partial charge in [-0.3, -0.25) is 9.78 Å². The van der Waals surface area contributed by atoms with Crippen LogP contribution in [0.5, 0.6) is 0 Å². The van der Waals surface area contributed by atoms with Crippen LogP contribution < -0.4 is 5.56 Å². The first kappa shape index (κ1) is 10.9. The minimum Gasteiger partial charge on any atom is -0.338 e. The Balaban J connectivity index is 1.99. The highest BCUT2D eigenvalue weighted by atomic mass is 16.1. The fourth-order valence-corrected chi connectivity index (χ4v) is 2.31. The van der Waals surface area contributed by atoms with Crippen molar-refractivity contribution in [2.75, 3.05) is 0 Å². The van der Waals surface area contributed by atoms with Crippen LogP contribution in [0.2, 0.25) is 0 Å². The Morgan fingerprint density at radius 1 is 0.900 bits per heavy atom. The van der Waals surface area contributed by atoms with Crippen LogP contribution in [0, 0.1) is 0 Å². The van der Waals surface area contributed by atoms with Gasteiger partial charge in [0.15, 0.2) is 0 Å². The van der Waals surface area contributed by atoms with E-state index < -0.39 is 0 Å². The van der Waals surface area contributed by atoms with Crippen molar-refractivity contribution in [2.24, 2.45) is 0 Å². The van der Waals surface area contributed by atoms with Gasteiger partial charge in [0.25, 0.3) is 0 Å². The SMILES string of the molecule is O=c1ccc2cc3nc(-c4ccncc4)[nH]c3cc2[nH]1. The summed E-state index contributed by atoms with van der Waals surface area (Å²) in [6.07, 6.45) is 3.47. The Labute approximate surface area is 113 Å². The summed E-state index contributed by atoms with van der Waals surface area (Å²) >= 11 is 0. The van der Waals surface area contributed by atoms with Crippen LogP contribution in [0.3, 0.4) is 0 Å². The van der Waals surface area contributed by atoms with Crippen LogP contribution in [-0.2, 0) is 0 Å². The Bertz CT molecular complexity index is 969. The summed E-state index contributed by atoms with van der Waals surface area (Å²) in [6, 6.07) is 11.0. The van der Waals surface area contributed by atoms with Crippen molar-refractivity contribution in [3.05, 3.63) is 59.1 Å². The van der Waals surface area contributed by atoms with E-state index in [-0.39, 0.29) is 5.56 Å². The number of H-pyrrole nitrogens is 2. The van der Waals surface area contributed by atoms with Crippen molar-refractivity contribution in [2.45, 2.75) is 0 Å². The molecule has 0 bridgehead atoms. The molecule has 2 N–H and O–H groups in total. The van der Waals surface area contributed by atoms with Crippen LogP contribution in [-0.4, -0.2) is 19.9 Å². The molecule has 0 aliphatic heterocycles.